The predicted molar refractivity (Wildman–Crippen MR) is 87.0 cm³/mol. The number of hydrogen-bond acceptors (Lipinski definition) is 4. The first-order valence-electron chi connectivity index (χ1n) is 7.86. The van der Waals surface area contributed by atoms with Crippen molar-refractivity contribution in [1.29, 1.82) is 0 Å². The predicted octanol–water partition coefficient (Wildman–Crippen LogP) is 4.74. The Morgan fingerprint density at radius 3 is 2.41 bits per heavy atom. The molecule has 2 aromatic rings. The summed E-state index contributed by atoms with van der Waals surface area (Å²) in [6, 6.07) is 3.11. The molecule has 1 N–H and O–H groups in total. The molecule has 1 aliphatic rings. The van der Waals surface area contributed by atoms with Crippen molar-refractivity contribution in [1.82, 2.24) is 4.98 Å². The van der Waals surface area contributed by atoms with E-state index in [-0.39, 0.29) is 22.5 Å². The lowest BCUT2D eigenvalue weighted by Gasteiger charge is -2.30. The van der Waals surface area contributed by atoms with Gasteiger partial charge in [-0.1, -0.05) is 19.9 Å². The third-order valence-electron chi connectivity index (χ3n) is 4.11. The van der Waals surface area contributed by atoms with Crippen LogP contribution in [0.25, 0.3) is 10.9 Å². The Kier molecular flexibility index (Phi) is 4.40. The molecule has 144 valence electrons. The molecule has 1 aromatic carbocycles. The third-order valence-corrected chi connectivity index (χ3v) is 4.11. The van der Waals surface area contributed by atoms with Gasteiger partial charge in [0.05, 0.1) is 11.2 Å². The van der Waals surface area contributed by atoms with E-state index in [9.17, 15) is 31.1 Å². The van der Waals surface area contributed by atoms with Crippen molar-refractivity contribution < 1.29 is 31.1 Å². The fourth-order valence-electron chi connectivity index (χ4n) is 2.85. The van der Waals surface area contributed by atoms with Crippen molar-refractivity contribution in [2.45, 2.75) is 32.4 Å². The zero-order valence-electron chi connectivity index (χ0n) is 14.0. The quantitative estimate of drug-likeness (QED) is 0.596. The first-order valence-corrected chi connectivity index (χ1v) is 7.86. The Labute approximate surface area is 149 Å². The average molecular weight is 389 g/mol. The number of nitrogens with one attached hydrogen (secondary N) is 1. The van der Waals surface area contributed by atoms with Gasteiger partial charge in [-0.05, 0) is 18.1 Å². The van der Waals surface area contributed by atoms with Gasteiger partial charge in [-0.3, -0.25) is 14.8 Å². The van der Waals surface area contributed by atoms with Gasteiger partial charge in [0, 0.05) is 22.7 Å². The molecule has 1 atom stereocenters. The second kappa shape index (κ2) is 6.21. The van der Waals surface area contributed by atoms with Gasteiger partial charge in [-0.25, -0.2) is 0 Å². The van der Waals surface area contributed by atoms with Crippen LogP contribution in [0.5, 0.6) is 0 Å². The normalized spacial score (nSPS) is 17.5. The smallest absolute Gasteiger partial charge is 0.361 e. The van der Waals surface area contributed by atoms with Gasteiger partial charge in [0.25, 0.3) is 5.78 Å². The first kappa shape index (κ1) is 19.1. The molecule has 0 amide bonds. The molecule has 1 unspecified atom stereocenters. The average Bonchev–Trinajstić information content (AvgIpc) is 2.57. The highest BCUT2D eigenvalue weighted by molar-refractivity contribution is 6.20. The molecular formula is C17H13F6N3O. The number of nitrogens with zero attached hydrogens (tertiary/aromatic N) is 2. The van der Waals surface area contributed by atoms with Gasteiger partial charge in [0.1, 0.15) is 6.17 Å². The summed E-state index contributed by atoms with van der Waals surface area (Å²) in [5, 5.41) is 2.62. The highest BCUT2D eigenvalue weighted by Gasteiger charge is 2.45. The fourth-order valence-corrected chi connectivity index (χ4v) is 2.85. The van der Waals surface area contributed by atoms with Crippen LogP contribution in [0, 0.1) is 5.92 Å². The molecule has 27 heavy (non-hydrogen) atoms. The standard InChI is InChI=1S/C17H13F6N3O/c1-7(2)15-25-12-10(13(26-15)16(18,19)20)6-9(14(27)17(21,22)23)8-4-3-5-24-11(8)12/h3-7,15,25H,1-2H3. The van der Waals surface area contributed by atoms with Crippen LogP contribution >= 0.6 is 0 Å². The van der Waals surface area contributed by atoms with Crippen molar-refractivity contribution in [2.75, 3.05) is 5.32 Å². The van der Waals surface area contributed by atoms with Crippen molar-refractivity contribution in [3.05, 3.63) is 35.5 Å². The van der Waals surface area contributed by atoms with E-state index in [2.05, 4.69) is 15.3 Å². The van der Waals surface area contributed by atoms with E-state index in [1.165, 1.54) is 18.3 Å². The molecule has 3 rings (SSSR count). The molecule has 0 saturated heterocycles. The van der Waals surface area contributed by atoms with Crippen molar-refractivity contribution in [3.63, 3.8) is 0 Å². The summed E-state index contributed by atoms with van der Waals surface area (Å²) in [6.07, 6.45) is -9.86. The van der Waals surface area contributed by atoms with Gasteiger partial charge < -0.3 is 5.32 Å². The molecule has 0 fully saturated rings. The van der Waals surface area contributed by atoms with Crippen LogP contribution in [0.4, 0.5) is 32.0 Å². The van der Waals surface area contributed by atoms with Crippen LogP contribution in [-0.2, 0) is 0 Å². The summed E-state index contributed by atoms with van der Waals surface area (Å²) < 4.78 is 79.5. The minimum Gasteiger partial charge on any atom is -0.361 e. The zero-order valence-corrected chi connectivity index (χ0v) is 14.0. The van der Waals surface area contributed by atoms with Crippen molar-refractivity contribution in [3.8, 4) is 0 Å². The lowest BCUT2D eigenvalue weighted by Crippen LogP contribution is -2.37. The van der Waals surface area contributed by atoms with Gasteiger partial charge >= 0.3 is 12.4 Å². The van der Waals surface area contributed by atoms with E-state index >= 15 is 0 Å². The topological polar surface area (TPSA) is 54.4 Å². The van der Waals surface area contributed by atoms with E-state index in [4.69, 9.17) is 0 Å². The number of fused-ring (bicyclic) bond motifs is 3. The SMILES string of the molecule is CC(C)C1N=C(C(F)(F)F)c2cc(C(=O)C(F)(F)F)c3cccnc3c2N1. The monoisotopic (exact) mass is 389 g/mol. The minimum absolute atomic E-state index is 0.0923. The number of pyridine rings is 1. The van der Waals surface area contributed by atoms with Crippen LogP contribution in [0.1, 0.15) is 29.8 Å². The molecule has 0 spiro atoms. The van der Waals surface area contributed by atoms with E-state index < -0.39 is 41.1 Å². The van der Waals surface area contributed by atoms with Crippen LogP contribution in [0.3, 0.4) is 0 Å². The number of ketones is 1. The van der Waals surface area contributed by atoms with E-state index in [0.29, 0.717) is 6.07 Å². The number of rotatable bonds is 2. The zero-order chi connectivity index (χ0) is 20.1. The molecule has 2 heterocycles. The summed E-state index contributed by atoms with van der Waals surface area (Å²) in [4.78, 5) is 19.3. The maximum absolute atomic E-state index is 13.5. The molecule has 10 heteroatoms. The first-order chi connectivity index (χ1) is 12.4. The molecular weight excluding hydrogens is 376 g/mol. The summed E-state index contributed by atoms with van der Waals surface area (Å²) in [5.74, 6) is -2.57. The van der Waals surface area contributed by atoms with E-state index in [0.717, 1.165) is 0 Å². The van der Waals surface area contributed by atoms with E-state index in [1.54, 1.807) is 13.8 Å². The second-order valence-electron chi connectivity index (χ2n) is 6.38. The molecule has 0 aliphatic carbocycles. The Morgan fingerprint density at radius 1 is 1.19 bits per heavy atom. The third kappa shape index (κ3) is 3.35. The summed E-state index contributed by atoms with van der Waals surface area (Å²) >= 11 is 0. The minimum atomic E-state index is -5.24. The number of carbonyl (C=O) groups excluding carboxylic acids is 1. The van der Waals surface area contributed by atoms with Crippen LogP contribution < -0.4 is 5.32 Å². The van der Waals surface area contributed by atoms with E-state index in [1.807, 2.05) is 0 Å². The highest BCUT2D eigenvalue weighted by Crippen LogP contribution is 2.39. The largest absolute Gasteiger partial charge is 0.454 e. The molecule has 1 aliphatic heterocycles. The lowest BCUT2D eigenvalue weighted by molar-refractivity contribution is -0.0884. The molecule has 0 saturated carbocycles. The lowest BCUT2D eigenvalue weighted by atomic mass is 9.94. The van der Waals surface area contributed by atoms with Gasteiger partial charge in [0.15, 0.2) is 5.71 Å². The number of Topliss-reactive ketones (excluding diaryl/α,β-unsaturated/α-hetero) is 1. The number of halogens is 6. The number of carbonyl (C=O) groups is 1. The summed E-state index contributed by atoms with van der Waals surface area (Å²) in [7, 11) is 0. The Bertz CT molecular complexity index is 946. The van der Waals surface area contributed by atoms with Gasteiger partial charge in [-0.2, -0.15) is 26.3 Å². The number of aliphatic imine (C=N–C) groups is 1. The van der Waals surface area contributed by atoms with Crippen molar-refractivity contribution >= 4 is 28.1 Å². The van der Waals surface area contributed by atoms with Gasteiger partial charge in [-0.15, -0.1) is 0 Å². The van der Waals surface area contributed by atoms with Crippen molar-refractivity contribution in [2.24, 2.45) is 10.9 Å². The second-order valence-corrected chi connectivity index (χ2v) is 6.38. The van der Waals surface area contributed by atoms with Crippen LogP contribution in [0.2, 0.25) is 0 Å². The maximum Gasteiger partial charge on any atom is 0.454 e. The molecule has 1 aromatic heterocycles. The maximum atomic E-state index is 13.5. The number of aromatic nitrogens is 1. The number of hydrogen-bond donors (Lipinski definition) is 1. The number of anilines is 1. The summed E-state index contributed by atoms with van der Waals surface area (Å²) in [5.41, 5.74) is -3.10. The Hall–Kier alpha value is -2.65. The fraction of sp³-hybridized carbons (Fsp3) is 0.353. The number of alkyl halides is 6. The van der Waals surface area contributed by atoms with Crippen LogP contribution in [-0.4, -0.2) is 35.0 Å². The summed E-state index contributed by atoms with van der Waals surface area (Å²) in [6.45, 7) is 3.30. The number of benzene rings is 1. The highest BCUT2D eigenvalue weighted by atomic mass is 19.4. The molecule has 0 radical (unpaired) electrons. The van der Waals surface area contributed by atoms with Crippen LogP contribution in [0.15, 0.2) is 29.4 Å². The Balaban J connectivity index is 2.37. The molecule has 0 bridgehead atoms. The van der Waals surface area contributed by atoms with Gasteiger partial charge in [0.2, 0.25) is 0 Å². The Morgan fingerprint density at radius 2 is 1.85 bits per heavy atom. The molecule has 4 nitrogen and oxygen atoms in total.